The number of esters is 1. The summed E-state index contributed by atoms with van der Waals surface area (Å²) in [6.07, 6.45) is 3.74. The number of hydrogen-bond acceptors (Lipinski definition) is 3. The van der Waals surface area contributed by atoms with E-state index in [4.69, 9.17) is 4.74 Å². The number of ether oxygens (including phenoxy) is 1. The minimum atomic E-state index is -0.350. The number of aromatic nitrogens is 1. The van der Waals surface area contributed by atoms with E-state index < -0.39 is 0 Å². The standard InChI is InChI=1S/C22H24N2O3/c1-16(17-8-3-2-4-9-17)24-21(25)15-27-22(26)13-7-10-18-14-23-20-12-6-5-11-19(18)20/h2-6,8-9,11-12,14,16,23H,7,10,13,15H2,1H3,(H,24,25)/t16-/m1/s1. The van der Waals surface area contributed by atoms with Crippen molar-refractivity contribution in [3.05, 3.63) is 71.9 Å². The number of rotatable bonds is 8. The van der Waals surface area contributed by atoms with Crippen molar-refractivity contribution >= 4 is 22.8 Å². The predicted octanol–water partition coefficient (Wildman–Crippen LogP) is 3.91. The normalized spacial score (nSPS) is 11.9. The van der Waals surface area contributed by atoms with Crippen LogP contribution in [-0.4, -0.2) is 23.5 Å². The van der Waals surface area contributed by atoms with Crippen LogP contribution < -0.4 is 5.32 Å². The van der Waals surface area contributed by atoms with E-state index in [0.717, 1.165) is 17.5 Å². The number of fused-ring (bicyclic) bond motifs is 1. The number of nitrogens with one attached hydrogen (secondary N) is 2. The number of aromatic amines is 1. The summed E-state index contributed by atoms with van der Waals surface area (Å²) >= 11 is 0. The minimum absolute atomic E-state index is 0.126. The van der Waals surface area contributed by atoms with Gasteiger partial charge in [0.05, 0.1) is 6.04 Å². The molecule has 0 saturated carbocycles. The van der Waals surface area contributed by atoms with Gasteiger partial charge in [-0.2, -0.15) is 0 Å². The first kappa shape index (κ1) is 18.7. The molecule has 5 nitrogen and oxygen atoms in total. The Labute approximate surface area is 158 Å². The summed E-state index contributed by atoms with van der Waals surface area (Å²) in [6.45, 7) is 1.65. The molecule has 140 valence electrons. The minimum Gasteiger partial charge on any atom is -0.456 e. The van der Waals surface area contributed by atoms with Gasteiger partial charge in [-0.25, -0.2) is 0 Å². The zero-order valence-electron chi connectivity index (χ0n) is 15.4. The van der Waals surface area contributed by atoms with Crippen LogP contribution in [0, 0.1) is 0 Å². The molecule has 0 aliphatic rings. The lowest BCUT2D eigenvalue weighted by Crippen LogP contribution is -2.31. The van der Waals surface area contributed by atoms with E-state index >= 15 is 0 Å². The summed E-state index contributed by atoms with van der Waals surface area (Å²) in [7, 11) is 0. The monoisotopic (exact) mass is 364 g/mol. The van der Waals surface area contributed by atoms with Crippen LogP contribution in [-0.2, 0) is 20.7 Å². The van der Waals surface area contributed by atoms with E-state index in [-0.39, 0.29) is 24.5 Å². The molecular weight excluding hydrogens is 340 g/mol. The highest BCUT2D eigenvalue weighted by molar-refractivity contribution is 5.83. The van der Waals surface area contributed by atoms with E-state index in [1.54, 1.807) is 0 Å². The molecule has 0 saturated heterocycles. The van der Waals surface area contributed by atoms with Gasteiger partial charge in [-0.05, 0) is 37.0 Å². The molecule has 1 aromatic heterocycles. The van der Waals surface area contributed by atoms with Crippen molar-refractivity contribution in [2.75, 3.05) is 6.61 Å². The van der Waals surface area contributed by atoms with Crippen LogP contribution in [0.4, 0.5) is 0 Å². The molecule has 3 aromatic rings. The van der Waals surface area contributed by atoms with Gasteiger partial charge >= 0.3 is 5.97 Å². The highest BCUT2D eigenvalue weighted by Gasteiger charge is 2.12. The number of hydrogen-bond donors (Lipinski definition) is 2. The fraction of sp³-hybridized carbons (Fsp3) is 0.273. The van der Waals surface area contributed by atoms with E-state index in [0.29, 0.717) is 12.8 Å². The number of carbonyl (C=O) groups is 2. The van der Waals surface area contributed by atoms with Gasteiger partial charge in [-0.3, -0.25) is 9.59 Å². The molecule has 1 amide bonds. The summed E-state index contributed by atoms with van der Waals surface area (Å²) in [5.41, 5.74) is 3.29. The zero-order chi connectivity index (χ0) is 19.1. The van der Waals surface area contributed by atoms with E-state index in [1.165, 1.54) is 10.9 Å². The molecule has 1 atom stereocenters. The fourth-order valence-electron chi connectivity index (χ4n) is 3.09. The van der Waals surface area contributed by atoms with Crippen molar-refractivity contribution in [1.29, 1.82) is 0 Å². The molecule has 0 aliphatic carbocycles. The first-order valence-corrected chi connectivity index (χ1v) is 9.18. The molecule has 0 unspecified atom stereocenters. The lowest BCUT2D eigenvalue weighted by molar-refractivity contribution is -0.148. The Morgan fingerprint density at radius 3 is 2.63 bits per heavy atom. The van der Waals surface area contributed by atoms with E-state index in [9.17, 15) is 9.59 Å². The Morgan fingerprint density at radius 1 is 1.07 bits per heavy atom. The highest BCUT2D eigenvalue weighted by Crippen LogP contribution is 2.19. The summed E-state index contributed by atoms with van der Waals surface area (Å²) in [6, 6.07) is 17.6. The van der Waals surface area contributed by atoms with Crippen molar-refractivity contribution in [2.24, 2.45) is 0 Å². The Morgan fingerprint density at radius 2 is 1.81 bits per heavy atom. The maximum atomic E-state index is 11.9. The van der Waals surface area contributed by atoms with Crippen molar-refractivity contribution in [1.82, 2.24) is 10.3 Å². The van der Waals surface area contributed by atoms with Crippen LogP contribution in [0.1, 0.15) is 36.9 Å². The second kappa shape index (κ2) is 9.03. The first-order chi connectivity index (χ1) is 13.1. The largest absolute Gasteiger partial charge is 0.456 e. The molecule has 0 spiro atoms. The lowest BCUT2D eigenvalue weighted by Gasteiger charge is -2.14. The van der Waals surface area contributed by atoms with Gasteiger partial charge in [0.1, 0.15) is 0 Å². The van der Waals surface area contributed by atoms with Crippen LogP contribution in [0.2, 0.25) is 0 Å². The quantitative estimate of drug-likeness (QED) is 0.595. The summed E-state index contributed by atoms with van der Waals surface area (Å²) in [5.74, 6) is -0.645. The highest BCUT2D eigenvalue weighted by atomic mass is 16.5. The SMILES string of the molecule is C[C@@H](NC(=O)COC(=O)CCCc1c[nH]c2ccccc12)c1ccccc1. The molecule has 2 N–H and O–H groups in total. The number of amides is 1. The number of carbonyl (C=O) groups excluding carboxylic acids is 2. The van der Waals surface area contributed by atoms with E-state index in [1.807, 2.05) is 61.7 Å². The second-order valence-electron chi connectivity index (χ2n) is 6.57. The van der Waals surface area contributed by atoms with Gasteiger partial charge in [0, 0.05) is 23.5 Å². The van der Waals surface area contributed by atoms with Crippen LogP contribution in [0.3, 0.4) is 0 Å². The average molecular weight is 364 g/mol. The third-order valence-corrected chi connectivity index (χ3v) is 4.54. The van der Waals surface area contributed by atoms with Crippen LogP contribution in [0.5, 0.6) is 0 Å². The third kappa shape index (κ3) is 5.20. The Balaban J connectivity index is 1.37. The Kier molecular flexibility index (Phi) is 6.26. The molecule has 5 heteroatoms. The summed E-state index contributed by atoms with van der Waals surface area (Å²) in [5, 5.41) is 4.01. The van der Waals surface area contributed by atoms with Crippen LogP contribution in [0.15, 0.2) is 60.8 Å². The van der Waals surface area contributed by atoms with E-state index in [2.05, 4.69) is 16.4 Å². The Bertz CT molecular complexity index is 902. The second-order valence-corrected chi connectivity index (χ2v) is 6.57. The summed E-state index contributed by atoms with van der Waals surface area (Å²) in [4.78, 5) is 27.1. The van der Waals surface area contributed by atoms with Gasteiger partial charge in [-0.1, -0.05) is 48.5 Å². The third-order valence-electron chi connectivity index (χ3n) is 4.54. The molecule has 0 radical (unpaired) electrons. The number of benzene rings is 2. The van der Waals surface area contributed by atoms with Crippen molar-refractivity contribution in [3.63, 3.8) is 0 Å². The average Bonchev–Trinajstić information content (AvgIpc) is 3.10. The molecule has 0 bridgehead atoms. The fourth-order valence-corrected chi connectivity index (χ4v) is 3.09. The maximum absolute atomic E-state index is 11.9. The smallest absolute Gasteiger partial charge is 0.306 e. The van der Waals surface area contributed by atoms with Crippen LogP contribution >= 0.6 is 0 Å². The zero-order valence-corrected chi connectivity index (χ0v) is 15.4. The Hall–Kier alpha value is -3.08. The topological polar surface area (TPSA) is 71.2 Å². The lowest BCUT2D eigenvalue weighted by atomic mass is 10.1. The number of aryl methyl sites for hydroxylation is 1. The van der Waals surface area contributed by atoms with Crippen molar-refractivity contribution in [3.8, 4) is 0 Å². The van der Waals surface area contributed by atoms with Gasteiger partial charge in [0.25, 0.3) is 5.91 Å². The van der Waals surface area contributed by atoms with Crippen molar-refractivity contribution < 1.29 is 14.3 Å². The molecule has 2 aromatic carbocycles. The molecule has 0 aliphatic heterocycles. The van der Waals surface area contributed by atoms with Gasteiger partial charge in [0.15, 0.2) is 6.61 Å². The van der Waals surface area contributed by atoms with Gasteiger partial charge < -0.3 is 15.0 Å². The number of para-hydroxylation sites is 1. The molecular formula is C22H24N2O3. The van der Waals surface area contributed by atoms with Crippen molar-refractivity contribution in [2.45, 2.75) is 32.2 Å². The van der Waals surface area contributed by atoms with Gasteiger partial charge in [-0.15, -0.1) is 0 Å². The first-order valence-electron chi connectivity index (χ1n) is 9.18. The van der Waals surface area contributed by atoms with Crippen LogP contribution in [0.25, 0.3) is 10.9 Å². The predicted molar refractivity (Wildman–Crippen MR) is 105 cm³/mol. The van der Waals surface area contributed by atoms with Gasteiger partial charge in [0.2, 0.25) is 0 Å². The molecule has 27 heavy (non-hydrogen) atoms. The number of H-pyrrole nitrogens is 1. The molecule has 1 heterocycles. The summed E-state index contributed by atoms with van der Waals surface area (Å²) < 4.78 is 5.09. The molecule has 0 fully saturated rings. The molecule has 3 rings (SSSR count). The maximum Gasteiger partial charge on any atom is 0.306 e.